The third kappa shape index (κ3) is 4.55. The van der Waals surface area contributed by atoms with E-state index >= 15 is 0 Å². The van der Waals surface area contributed by atoms with Gasteiger partial charge >= 0.3 is 5.97 Å². The van der Waals surface area contributed by atoms with Crippen molar-refractivity contribution >= 4 is 27.7 Å². The summed E-state index contributed by atoms with van der Waals surface area (Å²) in [6.07, 6.45) is 0.908. The molecule has 0 saturated carbocycles. The van der Waals surface area contributed by atoms with Crippen LogP contribution in [0.25, 0.3) is 0 Å². The third-order valence-electron chi connectivity index (χ3n) is 6.61. The maximum absolute atomic E-state index is 13.7. The van der Waals surface area contributed by atoms with Crippen molar-refractivity contribution in [3.05, 3.63) is 74.5 Å². The number of Topliss-reactive ketones (excluding diaryl/α,β-unsaturated/α-hetero) is 1. The first-order valence-electron chi connectivity index (χ1n) is 11.2. The normalized spacial score (nSPS) is 19.7. The quantitative estimate of drug-likeness (QED) is 0.514. The molecule has 2 aliphatic rings. The highest BCUT2D eigenvalue weighted by Gasteiger charge is 2.42. The summed E-state index contributed by atoms with van der Waals surface area (Å²) in [6.45, 7) is 1.83. The van der Waals surface area contributed by atoms with Gasteiger partial charge in [0.15, 0.2) is 17.3 Å². The Morgan fingerprint density at radius 2 is 1.63 bits per heavy atom. The molecule has 0 bridgehead atoms. The molecule has 0 saturated heterocycles. The van der Waals surface area contributed by atoms with Crippen LogP contribution in [-0.4, -0.2) is 40.2 Å². The standard InChI is InChI=1S/C27H28BrNO6/c1-14-24(27(31)35-5)25(18-13-17(28)7-9-21(18)32-2)26-19(29-14)10-16(11-20(26)30)15-6-8-22(33-3)23(12-15)34-4/h6-9,12-13,16,25,29H,10-11H2,1-5H3/t16-,25-/m0/s1. The summed E-state index contributed by atoms with van der Waals surface area (Å²) < 4.78 is 22.4. The van der Waals surface area contributed by atoms with E-state index < -0.39 is 11.9 Å². The van der Waals surface area contributed by atoms with E-state index in [1.165, 1.54) is 7.11 Å². The molecular weight excluding hydrogens is 514 g/mol. The molecule has 1 aliphatic carbocycles. The van der Waals surface area contributed by atoms with Crippen molar-refractivity contribution in [1.29, 1.82) is 0 Å². The molecule has 1 aliphatic heterocycles. The fraction of sp³-hybridized carbons (Fsp3) is 0.333. The second kappa shape index (κ2) is 10.2. The molecule has 184 valence electrons. The second-order valence-electron chi connectivity index (χ2n) is 8.51. The summed E-state index contributed by atoms with van der Waals surface area (Å²) in [6, 6.07) is 11.3. The van der Waals surface area contributed by atoms with Crippen molar-refractivity contribution in [2.45, 2.75) is 31.6 Å². The topological polar surface area (TPSA) is 83.1 Å². The zero-order valence-electron chi connectivity index (χ0n) is 20.4. The number of rotatable bonds is 6. The van der Waals surface area contributed by atoms with Gasteiger partial charge in [-0.2, -0.15) is 0 Å². The van der Waals surface area contributed by atoms with Gasteiger partial charge in [-0.1, -0.05) is 22.0 Å². The minimum atomic E-state index is -0.606. The third-order valence-corrected chi connectivity index (χ3v) is 7.11. The first kappa shape index (κ1) is 24.9. The molecule has 35 heavy (non-hydrogen) atoms. The predicted molar refractivity (Wildman–Crippen MR) is 135 cm³/mol. The average molecular weight is 542 g/mol. The summed E-state index contributed by atoms with van der Waals surface area (Å²) in [5.41, 5.74) is 4.15. The Balaban J connectivity index is 1.83. The van der Waals surface area contributed by atoms with Crippen LogP contribution in [0.1, 0.15) is 42.7 Å². The number of carbonyl (C=O) groups is 2. The molecule has 7 nitrogen and oxygen atoms in total. The summed E-state index contributed by atoms with van der Waals surface area (Å²) >= 11 is 3.52. The van der Waals surface area contributed by atoms with E-state index in [0.29, 0.717) is 46.9 Å². The van der Waals surface area contributed by atoms with Crippen LogP contribution < -0.4 is 19.5 Å². The number of ketones is 1. The molecule has 2 atom stereocenters. The number of benzene rings is 2. The number of nitrogens with one attached hydrogen (secondary N) is 1. The lowest BCUT2D eigenvalue weighted by Gasteiger charge is -2.37. The highest BCUT2D eigenvalue weighted by molar-refractivity contribution is 9.10. The monoisotopic (exact) mass is 541 g/mol. The maximum atomic E-state index is 13.7. The number of hydrogen-bond donors (Lipinski definition) is 1. The first-order valence-corrected chi connectivity index (χ1v) is 12.0. The number of dihydropyridines is 1. The van der Waals surface area contributed by atoms with Gasteiger partial charge in [-0.15, -0.1) is 0 Å². The highest BCUT2D eigenvalue weighted by atomic mass is 79.9. The lowest BCUT2D eigenvalue weighted by atomic mass is 9.71. The van der Waals surface area contributed by atoms with E-state index in [-0.39, 0.29) is 11.7 Å². The Hall–Kier alpha value is -3.26. The number of esters is 1. The van der Waals surface area contributed by atoms with Gasteiger partial charge in [0.05, 0.1) is 39.9 Å². The van der Waals surface area contributed by atoms with Gasteiger partial charge in [0, 0.05) is 33.4 Å². The van der Waals surface area contributed by atoms with Crippen LogP contribution in [0.4, 0.5) is 0 Å². The van der Waals surface area contributed by atoms with Gasteiger partial charge in [-0.25, -0.2) is 4.79 Å². The highest BCUT2D eigenvalue weighted by Crippen LogP contribution is 2.48. The van der Waals surface area contributed by atoms with Crippen LogP contribution in [0.3, 0.4) is 0 Å². The molecule has 0 unspecified atom stereocenters. The van der Waals surface area contributed by atoms with Crippen LogP contribution in [0.2, 0.25) is 0 Å². The van der Waals surface area contributed by atoms with Crippen LogP contribution in [0.5, 0.6) is 17.2 Å². The van der Waals surface area contributed by atoms with E-state index in [0.717, 1.165) is 21.3 Å². The number of allylic oxidation sites excluding steroid dienone is 3. The van der Waals surface area contributed by atoms with Gasteiger partial charge in [-0.05, 0) is 55.2 Å². The smallest absolute Gasteiger partial charge is 0.336 e. The van der Waals surface area contributed by atoms with Gasteiger partial charge in [0.25, 0.3) is 0 Å². The second-order valence-corrected chi connectivity index (χ2v) is 9.43. The van der Waals surface area contributed by atoms with Crippen molar-refractivity contribution in [2.24, 2.45) is 0 Å². The minimum Gasteiger partial charge on any atom is -0.496 e. The van der Waals surface area contributed by atoms with Crippen molar-refractivity contribution in [2.75, 3.05) is 28.4 Å². The zero-order valence-corrected chi connectivity index (χ0v) is 21.9. The van der Waals surface area contributed by atoms with Gasteiger partial charge in [0.2, 0.25) is 0 Å². The van der Waals surface area contributed by atoms with Crippen LogP contribution in [0.15, 0.2) is 63.4 Å². The van der Waals surface area contributed by atoms with E-state index in [4.69, 9.17) is 18.9 Å². The molecule has 4 rings (SSSR count). The molecule has 0 aromatic heterocycles. The molecule has 0 fully saturated rings. The van der Waals surface area contributed by atoms with Crippen molar-refractivity contribution in [3.63, 3.8) is 0 Å². The lowest BCUT2D eigenvalue weighted by molar-refractivity contribution is -0.136. The number of methoxy groups -OCH3 is 4. The van der Waals surface area contributed by atoms with Crippen molar-refractivity contribution < 1.29 is 28.5 Å². The van der Waals surface area contributed by atoms with Gasteiger partial charge in [-0.3, -0.25) is 4.79 Å². The minimum absolute atomic E-state index is 0.0283. The Kier molecular flexibility index (Phi) is 7.21. The number of carbonyl (C=O) groups excluding carboxylic acids is 2. The maximum Gasteiger partial charge on any atom is 0.336 e. The number of ether oxygens (including phenoxy) is 4. The number of hydrogen-bond acceptors (Lipinski definition) is 7. The summed E-state index contributed by atoms with van der Waals surface area (Å²) in [5.74, 6) is 0.682. The molecule has 2 aromatic carbocycles. The van der Waals surface area contributed by atoms with Crippen LogP contribution in [0, 0.1) is 0 Å². The van der Waals surface area contributed by atoms with Gasteiger partial charge < -0.3 is 24.3 Å². The lowest BCUT2D eigenvalue weighted by Crippen LogP contribution is -2.36. The molecule has 0 spiro atoms. The molecule has 1 N–H and O–H groups in total. The molecule has 8 heteroatoms. The van der Waals surface area contributed by atoms with E-state index in [9.17, 15) is 9.59 Å². The van der Waals surface area contributed by atoms with Crippen LogP contribution in [-0.2, 0) is 14.3 Å². The SMILES string of the molecule is COC(=O)C1=C(C)NC2=C(C(=O)C[C@@H](c3ccc(OC)c(OC)c3)C2)[C@H]1c1cc(Br)ccc1OC. The molecule has 2 aromatic rings. The molecule has 0 radical (unpaired) electrons. The van der Waals surface area contributed by atoms with Crippen molar-refractivity contribution in [1.82, 2.24) is 5.32 Å². The predicted octanol–water partition coefficient (Wildman–Crippen LogP) is 5.01. The molecular formula is C27H28BrNO6. The summed E-state index contributed by atoms with van der Waals surface area (Å²) in [4.78, 5) is 26.7. The Labute approximate surface area is 213 Å². The average Bonchev–Trinajstić information content (AvgIpc) is 2.86. The number of halogens is 1. The Bertz CT molecular complexity index is 1250. The van der Waals surface area contributed by atoms with Gasteiger partial charge in [0.1, 0.15) is 5.75 Å². The Morgan fingerprint density at radius 1 is 0.943 bits per heavy atom. The first-order chi connectivity index (χ1) is 16.8. The summed E-state index contributed by atoms with van der Waals surface area (Å²) in [7, 11) is 6.11. The largest absolute Gasteiger partial charge is 0.496 e. The zero-order chi connectivity index (χ0) is 25.3. The summed E-state index contributed by atoms with van der Waals surface area (Å²) in [5, 5.41) is 3.35. The van der Waals surface area contributed by atoms with E-state index in [2.05, 4.69) is 21.2 Å². The van der Waals surface area contributed by atoms with E-state index in [1.807, 2.05) is 43.3 Å². The molecule has 1 heterocycles. The van der Waals surface area contributed by atoms with Crippen molar-refractivity contribution in [3.8, 4) is 17.2 Å². The fourth-order valence-electron chi connectivity index (χ4n) is 5.00. The van der Waals surface area contributed by atoms with E-state index in [1.54, 1.807) is 21.3 Å². The Morgan fingerprint density at radius 3 is 2.29 bits per heavy atom. The van der Waals surface area contributed by atoms with Crippen LogP contribution >= 0.6 is 15.9 Å². The fourth-order valence-corrected chi connectivity index (χ4v) is 5.38. The molecule has 0 amide bonds.